The van der Waals surface area contributed by atoms with Gasteiger partial charge in [0, 0.05) is 6.61 Å². The first kappa shape index (κ1) is 34.8. The number of aliphatic hydroxyl groups excluding tert-OH is 1. The smallest absolute Gasteiger partial charge is 0.339 e. The molecular weight excluding hydrogens is 546 g/mol. The first-order valence-electron chi connectivity index (χ1n) is 9.05. The van der Waals surface area contributed by atoms with E-state index in [1.54, 1.807) is 0 Å². The minimum Gasteiger partial charge on any atom is -0.507 e. The van der Waals surface area contributed by atoms with Crippen LogP contribution < -0.4 is 0 Å². The molecule has 0 saturated carbocycles. The number of rotatable bonds is 5. The highest BCUT2D eigenvalue weighted by molar-refractivity contribution is 7.86. The number of aromatic hydroxyl groups is 2. The molecule has 200 valence electrons. The molecule has 0 saturated heterocycles. The summed E-state index contributed by atoms with van der Waals surface area (Å²) in [6.45, 7) is 4.25. The SMILES string of the molecule is CC(C)CO.N#CS.O=C(O)c1cc(S(=O)(=O)O)ccc1O.O=C(O)c1cc(S(=O)(=O)O)ccc1O. The Hall–Kier alpha value is -3.40. The first-order chi connectivity index (χ1) is 16.3. The predicted octanol–water partition coefficient (Wildman–Crippen LogP) is 1.71. The summed E-state index contributed by atoms with van der Waals surface area (Å²) in [5.41, 5.74) is -1.17. The molecule has 14 nitrogen and oxygen atoms in total. The minimum atomic E-state index is -4.45. The van der Waals surface area contributed by atoms with Crippen LogP contribution >= 0.6 is 12.6 Å². The molecule has 0 aliphatic rings. The molecule has 17 heteroatoms. The van der Waals surface area contributed by atoms with Gasteiger partial charge in [-0.05, 0) is 42.3 Å². The van der Waals surface area contributed by atoms with E-state index in [-0.39, 0.29) is 0 Å². The number of hydrogen-bond acceptors (Lipinski definition) is 11. The lowest BCUT2D eigenvalue weighted by Gasteiger charge is -2.01. The number of phenols is 2. The summed E-state index contributed by atoms with van der Waals surface area (Å²) < 4.78 is 59.6. The fourth-order valence-corrected chi connectivity index (χ4v) is 2.71. The van der Waals surface area contributed by atoms with Crippen molar-refractivity contribution < 1.29 is 61.1 Å². The third-order valence-electron chi connectivity index (χ3n) is 3.36. The zero-order valence-corrected chi connectivity index (χ0v) is 21.1. The number of nitriles is 1. The van der Waals surface area contributed by atoms with Gasteiger partial charge in [0.05, 0.1) is 9.79 Å². The number of thiol groups is 1. The van der Waals surface area contributed by atoms with Gasteiger partial charge in [0.15, 0.2) is 0 Å². The molecule has 2 aromatic rings. The highest BCUT2D eigenvalue weighted by atomic mass is 32.2. The molecule has 0 aliphatic heterocycles. The summed E-state index contributed by atoms with van der Waals surface area (Å²) in [5, 5.41) is 51.8. The van der Waals surface area contributed by atoms with E-state index in [2.05, 4.69) is 12.6 Å². The molecule has 2 aromatic carbocycles. The maximum absolute atomic E-state index is 10.6. The largest absolute Gasteiger partial charge is 0.507 e. The van der Waals surface area contributed by atoms with Crippen molar-refractivity contribution in [2.24, 2.45) is 5.92 Å². The van der Waals surface area contributed by atoms with Crippen LogP contribution in [0.1, 0.15) is 34.6 Å². The van der Waals surface area contributed by atoms with Gasteiger partial charge in [-0.25, -0.2) is 9.59 Å². The average molecular weight is 570 g/mol. The van der Waals surface area contributed by atoms with E-state index in [9.17, 15) is 26.4 Å². The van der Waals surface area contributed by atoms with Crippen molar-refractivity contribution in [3.8, 4) is 16.9 Å². The van der Waals surface area contributed by atoms with Gasteiger partial charge in [-0.15, -0.1) is 0 Å². The van der Waals surface area contributed by atoms with Crippen LogP contribution in [0.4, 0.5) is 0 Å². The molecule has 0 aromatic heterocycles. The summed E-state index contributed by atoms with van der Waals surface area (Å²) >= 11 is 3.09. The van der Waals surface area contributed by atoms with E-state index in [1.165, 1.54) is 5.40 Å². The van der Waals surface area contributed by atoms with E-state index in [0.717, 1.165) is 24.3 Å². The second-order valence-corrected chi connectivity index (χ2v) is 9.64. The highest BCUT2D eigenvalue weighted by Gasteiger charge is 2.17. The Bertz CT molecular complexity index is 1210. The summed E-state index contributed by atoms with van der Waals surface area (Å²) in [4.78, 5) is 19.8. The molecule has 7 N–H and O–H groups in total. The van der Waals surface area contributed by atoms with E-state index in [0.29, 0.717) is 24.7 Å². The number of carbonyl (C=O) groups is 2. The summed E-state index contributed by atoms with van der Waals surface area (Å²) in [7, 11) is -8.90. The lowest BCUT2D eigenvalue weighted by molar-refractivity contribution is 0.0682. The second-order valence-electron chi connectivity index (χ2n) is 6.59. The van der Waals surface area contributed by atoms with Crippen molar-refractivity contribution in [2.45, 2.75) is 23.6 Å². The zero-order valence-electron chi connectivity index (χ0n) is 18.5. The Kier molecular flexibility index (Phi) is 15.0. The van der Waals surface area contributed by atoms with Crippen molar-refractivity contribution in [2.75, 3.05) is 6.61 Å². The Morgan fingerprint density at radius 3 is 1.28 bits per heavy atom. The van der Waals surface area contributed by atoms with Crippen molar-refractivity contribution in [1.82, 2.24) is 0 Å². The Morgan fingerprint density at radius 1 is 0.861 bits per heavy atom. The molecule has 36 heavy (non-hydrogen) atoms. The van der Waals surface area contributed by atoms with Crippen LogP contribution in [0.5, 0.6) is 11.5 Å². The minimum absolute atomic E-state index is 0.306. The van der Waals surface area contributed by atoms with Gasteiger partial charge < -0.3 is 25.5 Å². The monoisotopic (exact) mass is 569 g/mol. The highest BCUT2D eigenvalue weighted by Crippen LogP contribution is 2.21. The number of carboxylic acids is 2. The fourth-order valence-electron chi connectivity index (χ4n) is 1.69. The van der Waals surface area contributed by atoms with Gasteiger partial charge in [-0.2, -0.15) is 22.1 Å². The quantitative estimate of drug-likeness (QED) is 0.145. The number of thiocyanates is 1. The van der Waals surface area contributed by atoms with Crippen LogP contribution in [0.25, 0.3) is 0 Å². The maximum Gasteiger partial charge on any atom is 0.339 e. The Morgan fingerprint density at radius 2 is 1.11 bits per heavy atom. The lowest BCUT2D eigenvalue weighted by atomic mass is 10.2. The molecule has 2 rings (SSSR count). The van der Waals surface area contributed by atoms with Gasteiger partial charge in [-0.3, -0.25) is 9.11 Å². The Labute approximate surface area is 211 Å². The predicted molar refractivity (Wildman–Crippen MR) is 126 cm³/mol. The molecule has 0 aliphatic carbocycles. The summed E-state index contributed by atoms with van der Waals surface area (Å²) in [6, 6.07) is 4.91. The maximum atomic E-state index is 10.6. The number of aliphatic hydroxyl groups is 1. The third-order valence-corrected chi connectivity index (χ3v) is 5.06. The van der Waals surface area contributed by atoms with Crippen LogP contribution in [-0.2, 0) is 20.2 Å². The van der Waals surface area contributed by atoms with Crippen LogP contribution in [0.15, 0.2) is 46.2 Å². The number of carboxylic acid groups (broad SMARTS) is 2. The van der Waals surface area contributed by atoms with Crippen molar-refractivity contribution in [3.63, 3.8) is 0 Å². The van der Waals surface area contributed by atoms with E-state index in [1.807, 2.05) is 13.8 Å². The van der Waals surface area contributed by atoms with Crippen LogP contribution in [0.2, 0.25) is 0 Å². The van der Waals surface area contributed by atoms with Crippen LogP contribution in [0, 0.1) is 16.6 Å². The number of benzene rings is 2. The fraction of sp³-hybridized carbons (Fsp3) is 0.211. The van der Waals surface area contributed by atoms with Gasteiger partial charge in [0.25, 0.3) is 20.2 Å². The van der Waals surface area contributed by atoms with Crippen LogP contribution in [-0.4, -0.2) is 70.0 Å². The molecule has 0 heterocycles. The topological polar surface area (TPSA) is 268 Å². The number of aromatic carboxylic acids is 2. The molecule has 0 fully saturated rings. The normalized spacial score (nSPS) is 10.3. The van der Waals surface area contributed by atoms with E-state index < -0.39 is 64.6 Å². The molecular formula is C19H23NO13S3. The van der Waals surface area contributed by atoms with Gasteiger partial charge in [0.2, 0.25) is 0 Å². The number of nitrogens with zero attached hydrogens (tertiary/aromatic N) is 1. The van der Waals surface area contributed by atoms with Crippen molar-refractivity contribution in [1.29, 1.82) is 5.26 Å². The van der Waals surface area contributed by atoms with Crippen molar-refractivity contribution in [3.05, 3.63) is 47.5 Å². The first-order valence-corrected chi connectivity index (χ1v) is 12.4. The Balaban J connectivity index is 0. The molecule has 0 radical (unpaired) electrons. The molecule has 0 atom stereocenters. The van der Waals surface area contributed by atoms with Crippen molar-refractivity contribution >= 4 is 44.8 Å². The molecule has 0 unspecified atom stereocenters. The molecule has 0 bridgehead atoms. The van der Waals surface area contributed by atoms with E-state index in [4.69, 9.17) is 39.9 Å². The van der Waals surface area contributed by atoms with Gasteiger partial charge in [0.1, 0.15) is 28.0 Å². The third kappa shape index (κ3) is 13.5. The lowest BCUT2D eigenvalue weighted by Crippen LogP contribution is -2.02. The summed E-state index contributed by atoms with van der Waals surface area (Å²) in [6.07, 6.45) is 0. The van der Waals surface area contributed by atoms with E-state index >= 15 is 0 Å². The summed E-state index contributed by atoms with van der Waals surface area (Å²) in [5.74, 6) is -3.65. The standard InChI is InChI=1S/2C7H6O6S.C4H10O.CHNS/c2*8-6-2-1-4(14(11,12)13)3-5(6)7(9)10;1-4(2)3-5;2-1-3/h2*1-3,8H,(H,9,10)(H,11,12,13);4-5H,3H2,1-2H3;3H. The number of hydrogen-bond donors (Lipinski definition) is 8. The van der Waals surface area contributed by atoms with Gasteiger partial charge >= 0.3 is 11.9 Å². The van der Waals surface area contributed by atoms with Gasteiger partial charge in [-0.1, -0.05) is 26.5 Å². The molecule has 0 amide bonds. The van der Waals surface area contributed by atoms with Crippen LogP contribution in [0.3, 0.4) is 0 Å². The second kappa shape index (κ2) is 15.6. The average Bonchev–Trinajstić information content (AvgIpc) is 2.73. The zero-order chi connectivity index (χ0) is 28.9. The molecule has 0 spiro atoms.